The molecule has 1 aromatic carbocycles. The largest absolute Gasteiger partial charge is 0.397 e. The molecule has 0 aliphatic heterocycles. The number of hydrogen-bond donors (Lipinski definition) is 2. The summed E-state index contributed by atoms with van der Waals surface area (Å²) in [5.74, 6) is 0.0888. The van der Waals surface area contributed by atoms with Gasteiger partial charge in [0.05, 0.1) is 17.3 Å². The molecule has 1 heterocycles. The lowest BCUT2D eigenvalue weighted by atomic mass is 10.2. The first-order valence-corrected chi connectivity index (χ1v) is 7.47. The van der Waals surface area contributed by atoms with Crippen LogP contribution in [0.3, 0.4) is 0 Å². The van der Waals surface area contributed by atoms with Crippen molar-refractivity contribution in [1.82, 2.24) is 5.32 Å². The summed E-state index contributed by atoms with van der Waals surface area (Å²) in [6, 6.07) is 5.53. The van der Waals surface area contributed by atoms with Crippen molar-refractivity contribution in [3.8, 4) is 0 Å². The quantitative estimate of drug-likeness (QED) is 0.891. The number of benzene rings is 1. The Kier molecular flexibility index (Phi) is 4.86. The Labute approximate surface area is 126 Å². The maximum absolute atomic E-state index is 12.2. The number of halogens is 1. The third-order valence-electron chi connectivity index (χ3n) is 2.97. The molecule has 0 aliphatic rings. The van der Waals surface area contributed by atoms with Crippen molar-refractivity contribution >= 4 is 44.6 Å². The van der Waals surface area contributed by atoms with Crippen LogP contribution in [0.2, 0.25) is 5.02 Å². The van der Waals surface area contributed by atoms with Gasteiger partial charge in [0.25, 0.3) is 5.91 Å². The van der Waals surface area contributed by atoms with E-state index in [1.807, 2.05) is 19.1 Å². The first kappa shape index (κ1) is 15.1. The summed E-state index contributed by atoms with van der Waals surface area (Å²) in [4.78, 5) is 12.7. The predicted octanol–water partition coefficient (Wildman–Crippen LogP) is 3.15. The molecule has 0 saturated heterocycles. The van der Waals surface area contributed by atoms with Crippen LogP contribution >= 0.6 is 22.9 Å². The molecule has 6 heteroatoms. The molecule has 1 unspecified atom stereocenters. The second-order valence-corrected chi connectivity index (χ2v) is 6.19. The molecule has 4 nitrogen and oxygen atoms in total. The number of carbonyl (C=O) groups excluding carboxylic acids is 1. The molecule has 0 radical (unpaired) electrons. The SMILES string of the molecule is COCC(C)CNC(=O)c1sc2cccc(Cl)c2c1N. The van der Waals surface area contributed by atoms with E-state index in [1.54, 1.807) is 13.2 Å². The second kappa shape index (κ2) is 6.43. The molecular formula is C14H17ClN2O2S. The lowest BCUT2D eigenvalue weighted by molar-refractivity contribution is 0.0939. The molecule has 0 aliphatic carbocycles. The number of rotatable bonds is 5. The minimum atomic E-state index is -0.164. The fraction of sp³-hybridized carbons (Fsp3) is 0.357. The second-order valence-electron chi connectivity index (χ2n) is 4.73. The maximum Gasteiger partial charge on any atom is 0.263 e. The number of hydrogen-bond acceptors (Lipinski definition) is 4. The summed E-state index contributed by atoms with van der Waals surface area (Å²) in [5, 5.41) is 4.20. The van der Waals surface area contributed by atoms with Gasteiger partial charge in [-0.25, -0.2) is 0 Å². The number of carbonyl (C=O) groups is 1. The monoisotopic (exact) mass is 312 g/mol. The Morgan fingerprint density at radius 3 is 2.95 bits per heavy atom. The summed E-state index contributed by atoms with van der Waals surface area (Å²) < 4.78 is 5.96. The lowest BCUT2D eigenvalue weighted by Crippen LogP contribution is -2.29. The minimum absolute atomic E-state index is 0.164. The fourth-order valence-electron chi connectivity index (χ4n) is 1.99. The van der Waals surface area contributed by atoms with Crippen LogP contribution in [0.5, 0.6) is 0 Å². The zero-order valence-corrected chi connectivity index (χ0v) is 13.0. The van der Waals surface area contributed by atoms with Gasteiger partial charge in [0.2, 0.25) is 0 Å². The Morgan fingerprint density at radius 1 is 1.55 bits per heavy atom. The van der Waals surface area contributed by atoms with Crippen LogP contribution in [-0.4, -0.2) is 26.2 Å². The highest BCUT2D eigenvalue weighted by molar-refractivity contribution is 7.21. The molecule has 2 rings (SSSR count). The van der Waals surface area contributed by atoms with E-state index < -0.39 is 0 Å². The molecule has 0 saturated carbocycles. The van der Waals surface area contributed by atoms with Gasteiger partial charge in [-0.05, 0) is 18.1 Å². The van der Waals surface area contributed by atoms with Crippen LogP contribution in [-0.2, 0) is 4.74 Å². The number of fused-ring (bicyclic) bond motifs is 1. The summed E-state index contributed by atoms with van der Waals surface area (Å²) in [7, 11) is 1.64. The van der Waals surface area contributed by atoms with E-state index in [0.29, 0.717) is 28.7 Å². The maximum atomic E-state index is 12.2. The van der Waals surface area contributed by atoms with Crippen LogP contribution in [0, 0.1) is 5.92 Å². The van der Waals surface area contributed by atoms with Crippen molar-refractivity contribution in [1.29, 1.82) is 0 Å². The van der Waals surface area contributed by atoms with Gasteiger partial charge in [-0.1, -0.05) is 24.6 Å². The third-order valence-corrected chi connectivity index (χ3v) is 4.45. The van der Waals surface area contributed by atoms with E-state index in [1.165, 1.54) is 11.3 Å². The number of nitrogens with two attached hydrogens (primary N) is 1. The van der Waals surface area contributed by atoms with Gasteiger partial charge in [0.1, 0.15) is 4.88 Å². The topological polar surface area (TPSA) is 64.3 Å². The highest BCUT2D eigenvalue weighted by Gasteiger charge is 2.18. The van der Waals surface area contributed by atoms with E-state index in [-0.39, 0.29) is 11.8 Å². The van der Waals surface area contributed by atoms with E-state index in [2.05, 4.69) is 5.32 Å². The van der Waals surface area contributed by atoms with Crippen molar-refractivity contribution in [2.24, 2.45) is 5.92 Å². The number of thiophene rings is 1. The summed E-state index contributed by atoms with van der Waals surface area (Å²) in [6.45, 7) is 3.16. The van der Waals surface area contributed by atoms with E-state index in [0.717, 1.165) is 10.1 Å². The number of amides is 1. The third kappa shape index (κ3) is 3.06. The molecule has 108 valence electrons. The Hall–Kier alpha value is -1.30. The van der Waals surface area contributed by atoms with Gasteiger partial charge < -0.3 is 15.8 Å². The Morgan fingerprint density at radius 2 is 2.30 bits per heavy atom. The number of ether oxygens (including phenoxy) is 1. The van der Waals surface area contributed by atoms with E-state index >= 15 is 0 Å². The molecule has 0 spiro atoms. The fourth-order valence-corrected chi connectivity index (χ4v) is 3.39. The first-order chi connectivity index (χ1) is 9.54. The summed E-state index contributed by atoms with van der Waals surface area (Å²) in [5.41, 5.74) is 6.50. The number of anilines is 1. The lowest BCUT2D eigenvalue weighted by Gasteiger charge is -2.11. The van der Waals surface area contributed by atoms with Gasteiger partial charge in [-0.2, -0.15) is 0 Å². The van der Waals surface area contributed by atoms with Crippen LogP contribution in [0.25, 0.3) is 10.1 Å². The van der Waals surface area contributed by atoms with Gasteiger partial charge in [-0.3, -0.25) is 4.79 Å². The van der Waals surface area contributed by atoms with E-state index in [4.69, 9.17) is 22.1 Å². The normalized spacial score (nSPS) is 12.6. The highest BCUT2D eigenvalue weighted by Crippen LogP contribution is 2.37. The number of nitrogen functional groups attached to an aromatic ring is 1. The zero-order valence-electron chi connectivity index (χ0n) is 11.4. The molecule has 20 heavy (non-hydrogen) atoms. The van der Waals surface area contributed by atoms with Crippen molar-refractivity contribution in [3.05, 3.63) is 28.1 Å². The van der Waals surface area contributed by atoms with E-state index in [9.17, 15) is 4.79 Å². The summed E-state index contributed by atoms with van der Waals surface area (Å²) >= 11 is 7.49. The predicted molar refractivity (Wildman–Crippen MR) is 84.6 cm³/mol. The van der Waals surface area contributed by atoms with Crippen molar-refractivity contribution in [2.45, 2.75) is 6.92 Å². The zero-order chi connectivity index (χ0) is 14.7. The molecule has 0 bridgehead atoms. The molecule has 1 aromatic heterocycles. The highest BCUT2D eigenvalue weighted by atomic mass is 35.5. The van der Waals surface area contributed by atoms with Crippen LogP contribution < -0.4 is 11.1 Å². The number of nitrogens with one attached hydrogen (secondary N) is 1. The van der Waals surface area contributed by atoms with Crippen molar-refractivity contribution in [2.75, 3.05) is 26.0 Å². The van der Waals surface area contributed by atoms with Crippen LogP contribution in [0.4, 0.5) is 5.69 Å². The molecule has 1 atom stereocenters. The molecular weight excluding hydrogens is 296 g/mol. The smallest absolute Gasteiger partial charge is 0.263 e. The molecule has 3 N–H and O–H groups in total. The average molecular weight is 313 g/mol. The van der Waals surface area contributed by atoms with Gasteiger partial charge in [-0.15, -0.1) is 11.3 Å². The van der Waals surface area contributed by atoms with Crippen molar-refractivity contribution < 1.29 is 9.53 Å². The van der Waals surface area contributed by atoms with Gasteiger partial charge >= 0.3 is 0 Å². The van der Waals surface area contributed by atoms with Crippen LogP contribution in [0.15, 0.2) is 18.2 Å². The molecule has 0 fully saturated rings. The number of methoxy groups -OCH3 is 1. The first-order valence-electron chi connectivity index (χ1n) is 6.28. The Balaban J connectivity index is 2.19. The summed E-state index contributed by atoms with van der Waals surface area (Å²) in [6.07, 6.45) is 0. The average Bonchev–Trinajstić information content (AvgIpc) is 2.75. The van der Waals surface area contributed by atoms with Gasteiger partial charge in [0, 0.05) is 23.7 Å². The molecule has 1 amide bonds. The minimum Gasteiger partial charge on any atom is -0.397 e. The Bertz CT molecular complexity index is 627. The van der Waals surface area contributed by atoms with Crippen molar-refractivity contribution in [3.63, 3.8) is 0 Å². The van der Waals surface area contributed by atoms with Gasteiger partial charge in [0.15, 0.2) is 0 Å². The standard InChI is InChI=1S/C14H17ClN2O2S/c1-8(7-19-2)6-17-14(18)13-12(16)11-9(15)4-3-5-10(11)20-13/h3-5,8H,6-7,16H2,1-2H3,(H,17,18). The van der Waals surface area contributed by atoms with Crippen LogP contribution in [0.1, 0.15) is 16.6 Å². The molecule has 2 aromatic rings.